The van der Waals surface area contributed by atoms with E-state index in [0.717, 1.165) is 10.5 Å². The minimum atomic E-state index is -4.62. The van der Waals surface area contributed by atoms with E-state index in [4.69, 9.17) is 0 Å². The second kappa shape index (κ2) is 8.92. The van der Waals surface area contributed by atoms with Gasteiger partial charge >= 0.3 is 6.18 Å². The van der Waals surface area contributed by atoms with E-state index in [1.54, 1.807) is 31.2 Å². The number of carbonyl (C=O) groups is 1. The van der Waals surface area contributed by atoms with E-state index in [1.165, 1.54) is 12.4 Å². The molecule has 2 aromatic heterocycles. The first-order valence-corrected chi connectivity index (χ1v) is 10.3. The van der Waals surface area contributed by atoms with Gasteiger partial charge in [0.1, 0.15) is 6.04 Å². The fourth-order valence-corrected chi connectivity index (χ4v) is 3.70. The van der Waals surface area contributed by atoms with Crippen LogP contribution in [0.3, 0.4) is 0 Å². The van der Waals surface area contributed by atoms with Crippen LogP contribution in [0.2, 0.25) is 0 Å². The number of likely N-dealkylation sites (tertiary alicyclic amines) is 1. The molecule has 4 rings (SSSR count). The summed E-state index contributed by atoms with van der Waals surface area (Å²) in [6.45, 7) is 1.12. The number of benzene rings is 1. The van der Waals surface area contributed by atoms with Gasteiger partial charge in [-0.3, -0.25) is 4.79 Å². The highest BCUT2D eigenvalue weighted by atomic mass is 19.4. The number of alkyl halides is 5. The maximum Gasteiger partial charge on any atom is 0.419 e. The van der Waals surface area contributed by atoms with Crippen molar-refractivity contribution < 1.29 is 26.7 Å². The summed E-state index contributed by atoms with van der Waals surface area (Å²) in [4.78, 5) is 29.9. The van der Waals surface area contributed by atoms with Crippen molar-refractivity contribution in [3.8, 4) is 11.4 Å². The number of nitrogens with zero attached hydrogens (tertiary/aromatic N) is 5. The Hall–Kier alpha value is -3.70. The Labute approximate surface area is 191 Å². The molecule has 1 atom stereocenters. The zero-order valence-electron chi connectivity index (χ0n) is 17.9. The minimum absolute atomic E-state index is 0.180. The second-order valence-corrected chi connectivity index (χ2v) is 7.82. The van der Waals surface area contributed by atoms with Gasteiger partial charge in [0, 0.05) is 49.9 Å². The second-order valence-electron chi connectivity index (χ2n) is 7.82. The SMILES string of the molecule is Cc1ccc(-c2ncccn2)c(C(=O)N2CCC(F)(F)C2CNc2ncc(C(F)(F)F)cn2)c1. The predicted molar refractivity (Wildman–Crippen MR) is 112 cm³/mol. The first-order chi connectivity index (χ1) is 16.1. The quantitative estimate of drug-likeness (QED) is 0.553. The highest BCUT2D eigenvalue weighted by Crippen LogP contribution is 2.36. The molecule has 0 radical (unpaired) electrons. The molecule has 1 N–H and O–H groups in total. The van der Waals surface area contributed by atoms with Crippen LogP contribution < -0.4 is 5.32 Å². The Morgan fingerprint density at radius 1 is 1.15 bits per heavy atom. The molecule has 1 aliphatic heterocycles. The van der Waals surface area contributed by atoms with Gasteiger partial charge in [0.05, 0.1) is 11.1 Å². The standard InChI is InChI=1S/C22H19F5N6O/c1-13-3-4-15(18-28-6-2-7-29-18)16(9-13)19(34)33-8-5-21(23,24)17(33)12-32-20-30-10-14(11-31-20)22(25,26)27/h2-4,6-7,9-11,17H,5,8,12H2,1H3,(H,30,31,32). The van der Waals surface area contributed by atoms with Gasteiger partial charge in [-0.15, -0.1) is 0 Å². The van der Waals surface area contributed by atoms with Crippen LogP contribution in [0.5, 0.6) is 0 Å². The molecule has 0 aliphatic carbocycles. The van der Waals surface area contributed by atoms with Gasteiger partial charge in [-0.1, -0.05) is 17.7 Å². The summed E-state index contributed by atoms with van der Waals surface area (Å²) in [5.74, 6) is -3.81. The molecule has 1 saturated heterocycles. The molecule has 178 valence electrons. The molecule has 1 aliphatic rings. The third kappa shape index (κ3) is 4.80. The van der Waals surface area contributed by atoms with Gasteiger partial charge in [-0.25, -0.2) is 28.7 Å². The molecule has 3 heterocycles. The van der Waals surface area contributed by atoms with E-state index in [2.05, 4.69) is 25.3 Å². The first-order valence-electron chi connectivity index (χ1n) is 10.3. The molecule has 0 saturated carbocycles. The zero-order chi connectivity index (χ0) is 24.5. The Kier molecular flexibility index (Phi) is 6.15. The number of nitrogens with one attached hydrogen (secondary N) is 1. The number of hydrogen-bond donors (Lipinski definition) is 1. The number of anilines is 1. The molecule has 0 spiro atoms. The van der Waals surface area contributed by atoms with E-state index in [1.807, 2.05) is 0 Å². The van der Waals surface area contributed by atoms with Crippen molar-refractivity contribution >= 4 is 11.9 Å². The number of amides is 1. The lowest BCUT2D eigenvalue weighted by Gasteiger charge is -2.28. The lowest BCUT2D eigenvalue weighted by Crippen LogP contribution is -2.47. The highest BCUT2D eigenvalue weighted by Gasteiger charge is 2.51. The topological polar surface area (TPSA) is 83.9 Å². The summed E-state index contributed by atoms with van der Waals surface area (Å²) < 4.78 is 67.5. The predicted octanol–water partition coefficient (Wildman–Crippen LogP) is 4.22. The summed E-state index contributed by atoms with van der Waals surface area (Å²) >= 11 is 0. The van der Waals surface area contributed by atoms with E-state index in [-0.39, 0.29) is 23.9 Å². The van der Waals surface area contributed by atoms with Crippen LogP contribution in [-0.4, -0.2) is 55.8 Å². The van der Waals surface area contributed by atoms with Crippen molar-refractivity contribution in [1.29, 1.82) is 0 Å². The van der Waals surface area contributed by atoms with Gasteiger partial charge in [-0.2, -0.15) is 13.2 Å². The molecular formula is C22H19F5N6O. The van der Waals surface area contributed by atoms with Crippen LogP contribution in [0, 0.1) is 6.92 Å². The number of hydrogen-bond acceptors (Lipinski definition) is 6. The van der Waals surface area contributed by atoms with Crippen LogP contribution in [-0.2, 0) is 6.18 Å². The van der Waals surface area contributed by atoms with Gasteiger partial charge in [0.25, 0.3) is 11.8 Å². The third-order valence-corrected chi connectivity index (χ3v) is 5.46. The van der Waals surface area contributed by atoms with Crippen molar-refractivity contribution in [3.05, 3.63) is 65.7 Å². The molecule has 3 aromatic rings. The Morgan fingerprint density at radius 3 is 2.47 bits per heavy atom. The zero-order valence-corrected chi connectivity index (χ0v) is 17.9. The number of halogens is 5. The van der Waals surface area contributed by atoms with Gasteiger partial charge in [0.15, 0.2) is 5.82 Å². The maximum atomic E-state index is 14.7. The van der Waals surface area contributed by atoms with Crippen LogP contribution >= 0.6 is 0 Å². The molecule has 0 bridgehead atoms. The summed E-state index contributed by atoms with van der Waals surface area (Å²) in [5, 5.41) is 2.53. The van der Waals surface area contributed by atoms with E-state index in [0.29, 0.717) is 18.0 Å². The van der Waals surface area contributed by atoms with Crippen molar-refractivity contribution in [2.45, 2.75) is 31.5 Å². The number of aromatic nitrogens is 4. The largest absolute Gasteiger partial charge is 0.419 e. The fraction of sp³-hybridized carbons (Fsp3) is 0.318. The molecular weight excluding hydrogens is 459 g/mol. The van der Waals surface area contributed by atoms with Crippen molar-refractivity contribution in [3.63, 3.8) is 0 Å². The van der Waals surface area contributed by atoms with E-state index in [9.17, 15) is 26.7 Å². The molecule has 1 fully saturated rings. The van der Waals surface area contributed by atoms with Gasteiger partial charge < -0.3 is 10.2 Å². The maximum absolute atomic E-state index is 14.7. The molecule has 1 aromatic carbocycles. The first kappa shape index (κ1) is 23.5. The lowest BCUT2D eigenvalue weighted by molar-refractivity contribution is -0.138. The van der Waals surface area contributed by atoms with Crippen LogP contribution in [0.1, 0.15) is 27.9 Å². The van der Waals surface area contributed by atoms with Gasteiger partial charge in [-0.05, 0) is 19.1 Å². The normalized spacial score (nSPS) is 17.6. The number of aryl methyl sites for hydroxylation is 1. The summed E-state index contributed by atoms with van der Waals surface area (Å²) in [6.07, 6.45) is -1.03. The van der Waals surface area contributed by atoms with Crippen molar-refractivity contribution in [2.24, 2.45) is 0 Å². The van der Waals surface area contributed by atoms with Crippen LogP contribution in [0.25, 0.3) is 11.4 Å². The summed E-state index contributed by atoms with van der Waals surface area (Å²) in [7, 11) is 0. The Morgan fingerprint density at radius 2 is 1.82 bits per heavy atom. The molecule has 12 heteroatoms. The van der Waals surface area contributed by atoms with Crippen molar-refractivity contribution in [1.82, 2.24) is 24.8 Å². The minimum Gasteiger partial charge on any atom is -0.352 e. The number of rotatable bonds is 5. The Bertz CT molecular complexity index is 1170. The number of carbonyl (C=O) groups excluding carboxylic acids is 1. The van der Waals surface area contributed by atoms with Gasteiger partial charge in [0.2, 0.25) is 5.95 Å². The van der Waals surface area contributed by atoms with E-state index >= 15 is 0 Å². The average Bonchev–Trinajstić information content (AvgIpc) is 3.11. The third-order valence-electron chi connectivity index (χ3n) is 5.46. The molecule has 7 nitrogen and oxygen atoms in total. The van der Waals surface area contributed by atoms with Crippen LogP contribution in [0.4, 0.5) is 27.9 Å². The highest BCUT2D eigenvalue weighted by molar-refractivity contribution is 6.00. The monoisotopic (exact) mass is 478 g/mol. The average molecular weight is 478 g/mol. The van der Waals surface area contributed by atoms with Crippen molar-refractivity contribution in [2.75, 3.05) is 18.4 Å². The lowest BCUT2D eigenvalue weighted by atomic mass is 10.0. The summed E-state index contributed by atoms with van der Waals surface area (Å²) in [6, 6.07) is 5.08. The smallest absolute Gasteiger partial charge is 0.352 e. The van der Waals surface area contributed by atoms with E-state index < -0.39 is 42.6 Å². The summed E-state index contributed by atoms with van der Waals surface area (Å²) in [5.41, 5.74) is 0.279. The Balaban J connectivity index is 1.58. The molecule has 1 amide bonds. The van der Waals surface area contributed by atoms with Crippen LogP contribution in [0.15, 0.2) is 49.1 Å². The molecule has 1 unspecified atom stereocenters. The fourth-order valence-electron chi connectivity index (χ4n) is 3.70. The molecule has 34 heavy (non-hydrogen) atoms.